The van der Waals surface area contributed by atoms with Crippen LogP contribution in [-0.2, 0) is 5.41 Å². The van der Waals surface area contributed by atoms with Gasteiger partial charge in [0.25, 0.3) is 0 Å². The first-order valence-corrected chi connectivity index (χ1v) is 22.8. The number of benzene rings is 9. The maximum atomic E-state index is 5.41. The highest BCUT2D eigenvalue weighted by atomic mass is 32.1. The summed E-state index contributed by atoms with van der Waals surface area (Å²) >= 11 is 1.85. The third-order valence-corrected chi connectivity index (χ3v) is 14.3. The van der Waals surface area contributed by atoms with Crippen LogP contribution in [0.1, 0.15) is 25.0 Å². The van der Waals surface area contributed by atoms with E-state index in [1.165, 1.54) is 70.2 Å². The number of nitrogens with zero attached hydrogens (tertiary/aromatic N) is 2. The molecule has 0 bridgehead atoms. The van der Waals surface area contributed by atoms with Gasteiger partial charge in [-0.1, -0.05) is 184 Å². The van der Waals surface area contributed by atoms with Gasteiger partial charge in [-0.2, -0.15) is 0 Å². The van der Waals surface area contributed by atoms with Gasteiger partial charge in [0.1, 0.15) is 0 Å². The van der Waals surface area contributed by atoms with Crippen LogP contribution in [0.25, 0.3) is 110 Å². The van der Waals surface area contributed by atoms with Gasteiger partial charge >= 0.3 is 0 Å². The molecule has 2 nitrogen and oxygen atoms in total. The van der Waals surface area contributed by atoms with Gasteiger partial charge in [-0.25, -0.2) is 9.97 Å². The molecule has 2 heterocycles. The van der Waals surface area contributed by atoms with Gasteiger partial charge in [-0.15, -0.1) is 11.3 Å². The molecule has 9 aromatic carbocycles. The minimum atomic E-state index is -0.109. The van der Waals surface area contributed by atoms with Crippen LogP contribution in [-0.4, -0.2) is 9.97 Å². The smallest absolute Gasteiger partial charge is 0.160 e. The highest BCUT2D eigenvalue weighted by Crippen LogP contribution is 2.50. The fourth-order valence-corrected chi connectivity index (χ4v) is 11.0. The van der Waals surface area contributed by atoms with E-state index in [-0.39, 0.29) is 5.41 Å². The van der Waals surface area contributed by atoms with Crippen molar-refractivity contribution in [3.05, 3.63) is 230 Å². The first-order chi connectivity index (χ1) is 31.5. The molecule has 0 saturated carbocycles. The summed E-state index contributed by atoms with van der Waals surface area (Å²) in [5.41, 5.74) is 19.4. The van der Waals surface area contributed by atoms with E-state index in [2.05, 4.69) is 226 Å². The maximum Gasteiger partial charge on any atom is 0.160 e. The van der Waals surface area contributed by atoms with Crippen molar-refractivity contribution in [2.75, 3.05) is 0 Å². The lowest BCUT2D eigenvalue weighted by atomic mass is 9.81. The lowest BCUT2D eigenvalue weighted by Crippen LogP contribution is -2.14. The molecule has 3 heteroatoms. The van der Waals surface area contributed by atoms with E-state index in [1.807, 2.05) is 17.4 Å². The summed E-state index contributed by atoms with van der Waals surface area (Å²) in [4.78, 5) is 10.8. The predicted octanol–water partition coefficient (Wildman–Crippen LogP) is 16.8. The Morgan fingerprint density at radius 2 is 0.859 bits per heavy atom. The van der Waals surface area contributed by atoms with Gasteiger partial charge in [0.15, 0.2) is 5.82 Å². The van der Waals surface area contributed by atoms with Crippen LogP contribution in [0.5, 0.6) is 0 Å². The van der Waals surface area contributed by atoms with Crippen molar-refractivity contribution in [1.82, 2.24) is 9.97 Å². The summed E-state index contributed by atoms with van der Waals surface area (Å²) in [6, 6.07) is 79.2. The second kappa shape index (κ2) is 15.3. The molecule has 11 aromatic rings. The predicted molar refractivity (Wildman–Crippen MR) is 271 cm³/mol. The number of aromatic nitrogens is 2. The van der Waals surface area contributed by atoms with Crippen molar-refractivity contribution < 1.29 is 0 Å². The molecule has 64 heavy (non-hydrogen) atoms. The lowest BCUT2D eigenvalue weighted by molar-refractivity contribution is 0.660. The minimum Gasteiger partial charge on any atom is -0.228 e. The van der Waals surface area contributed by atoms with Crippen LogP contribution in [0, 0.1) is 0 Å². The van der Waals surface area contributed by atoms with E-state index in [1.54, 1.807) is 0 Å². The summed E-state index contributed by atoms with van der Waals surface area (Å²) < 4.78 is 2.59. The van der Waals surface area contributed by atoms with E-state index in [4.69, 9.17) is 9.97 Å². The average molecular weight is 835 g/mol. The Morgan fingerprint density at radius 3 is 1.64 bits per heavy atom. The molecule has 2 aromatic heterocycles. The second-order valence-corrected chi connectivity index (χ2v) is 18.4. The molecule has 1 aliphatic carbocycles. The normalized spacial score (nSPS) is 12.7. The molecular formula is C61H42N2S. The molecule has 0 atom stereocenters. The van der Waals surface area contributed by atoms with Crippen LogP contribution >= 0.6 is 11.3 Å². The monoisotopic (exact) mass is 834 g/mol. The lowest BCUT2D eigenvalue weighted by Gasteiger charge is -2.22. The Morgan fingerprint density at radius 1 is 0.312 bits per heavy atom. The summed E-state index contributed by atoms with van der Waals surface area (Å²) in [5.74, 6) is 0.691. The minimum absolute atomic E-state index is 0.109. The van der Waals surface area contributed by atoms with E-state index in [0.29, 0.717) is 5.82 Å². The number of fused-ring (bicyclic) bond motifs is 6. The topological polar surface area (TPSA) is 25.8 Å². The molecule has 0 N–H and O–H groups in total. The molecule has 0 spiro atoms. The Bertz CT molecular complexity index is 3580. The molecule has 12 rings (SSSR count). The molecule has 0 amide bonds. The van der Waals surface area contributed by atoms with Crippen molar-refractivity contribution >= 4 is 31.5 Å². The second-order valence-electron chi connectivity index (χ2n) is 17.3. The molecule has 1 aliphatic rings. The number of hydrogen-bond acceptors (Lipinski definition) is 3. The molecule has 302 valence electrons. The fourth-order valence-electron chi connectivity index (χ4n) is 9.89. The van der Waals surface area contributed by atoms with Gasteiger partial charge in [-0.05, 0) is 115 Å². The quantitative estimate of drug-likeness (QED) is 0.160. The highest BCUT2D eigenvalue weighted by molar-refractivity contribution is 7.25. The number of thiophene rings is 1. The number of rotatable bonds is 7. The van der Waals surface area contributed by atoms with Gasteiger partial charge in [0, 0.05) is 42.3 Å². The van der Waals surface area contributed by atoms with Crippen LogP contribution in [0.2, 0.25) is 0 Å². The highest BCUT2D eigenvalue weighted by Gasteiger charge is 2.35. The Labute approximate surface area is 377 Å². The summed E-state index contributed by atoms with van der Waals surface area (Å²) in [6.45, 7) is 4.69. The summed E-state index contributed by atoms with van der Waals surface area (Å²) in [7, 11) is 0. The van der Waals surface area contributed by atoms with Crippen LogP contribution in [0.3, 0.4) is 0 Å². The van der Waals surface area contributed by atoms with Gasteiger partial charge in [0.05, 0.1) is 11.4 Å². The molecule has 0 radical (unpaired) electrons. The maximum absolute atomic E-state index is 5.41. The van der Waals surface area contributed by atoms with E-state index in [9.17, 15) is 0 Å². The van der Waals surface area contributed by atoms with E-state index >= 15 is 0 Å². The zero-order valence-electron chi connectivity index (χ0n) is 35.6. The first-order valence-electron chi connectivity index (χ1n) is 22.0. The van der Waals surface area contributed by atoms with Gasteiger partial charge < -0.3 is 0 Å². The van der Waals surface area contributed by atoms with Crippen LogP contribution in [0.4, 0.5) is 0 Å². The van der Waals surface area contributed by atoms with Crippen LogP contribution in [0.15, 0.2) is 218 Å². The first kappa shape index (κ1) is 38.0. The zero-order chi connectivity index (χ0) is 42.8. The summed E-state index contributed by atoms with van der Waals surface area (Å²) in [5, 5.41) is 2.57. The largest absolute Gasteiger partial charge is 0.228 e. The third kappa shape index (κ3) is 6.47. The molecule has 0 unspecified atom stereocenters. The summed E-state index contributed by atoms with van der Waals surface area (Å²) in [6.07, 6.45) is 0. The van der Waals surface area contributed by atoms with Crippen molar-refractivity contribution in [1.29, 1.82) is 0 Å². The van der Waals surface area contributed by atoms with Crippen molar-refractivity contribution in [2.24, 2.45) is 0 Å². The van der Waals surface area contributed by atoms with Crippen LogP contribution < -0.4 is 0 Å². The van der Waals surface area contributed by atoms with Gasteiger partial charge in [-0.3, -0.25) is 0 Å². The van der Waals surface area contributed by atoms with Crippen molar-refractivity contribution in [2.45, 2.75) is 19.3 Å². The Kier molecular flexibility index (Phi) is 9.06. The van der Waals surface area contributed by atoms with Crippen molar-refractivity contribution in [3.63, 3.8) is 0 Å². The molecule has 0 fully saturated rings. The van der Waals surface area contributed by atoms with E-state index < -0.39 is 0 Å². The molecule has 0 aliphatic heterocycles. The standard InChI is InChI=1S/C61H42N2S/c1-61(2)54-27-15-13-24-49(54)50-31-29-42(37-55(50)61)47-22-11-12-25-51(47)57-38-56(62-60(63-57)40-19-7-4-8-20-40)45-34-43(41-30-32-59-53(36-41)52-26-14-16-28-58(52)64-59)33-44(35-45)48-23-10-9-21-46(48)39-17-5-3-6-18-39/h3-38H,1-2H3. The molecule has 0 saturated heterocycles. The third-order valence-electron chi connectivity index (χ3n) is 13.1. The Hall–Kier alpha value is -7.72. The number of hydrogen-bond donors (Lipinski definition) is 0. The SMILES string of the molecule is CC1(C)c2ccccc2-c2ccc(-c3ccccc3-c3cc(-c4cc(-c5ccc6sc7ccccc7c6c5)cc(-c5ccccc5-c5ccccc5)c4)nc(-c4ccccc4)n3)cc21. The Balaban J connectivity index is 1.07. The van der Waals surface area contributed by atoms with Gasteiger partial charge in [0.2, 0.25) is 0 Å². The average Bonchev–Trinajstić information content (AvgIpc) is 3.85. The molecular weight excluding hydrogens is 793 g/mol. The zero-order valence-corrected chi connectivity index (χ0v) is 36.4. The van der Waals surface area contributed by atoms with E-state index in [0.717, 1.165) is 44.8 Å². The fraction of sp³-hybridized carbons (Fsp3) is 0.0492. The van der Waals surface area contributed by atoms with Crippen molar-refractivity contribution in [3.8, 4) is 89.5 Å².